The van der Waals surface area contributed by atoms with Gasteiger partial charge in [-0.1, -0.05) is 23.7 Å². The van der Waals surface area contributed by atoms with Crippen molar-refractivity contribution in [3.8, 4) is 0 Å². The van der Waals surface area contributed by atoms with Crippen molar-refractivity contribution in [2.75, 3.05) is 25.0 Å². The Kier molecular flexibility index (Phi) is 8.03. The maximum Gasteiger partial charge on any atom is 0.417 e. The summed E-state index contributed by atoms with van der Waals surface area (Å²) in [5.41, 5.74) is 1.67. The van der Waals surface area contributed by atoms with Crippen LogP contribution in [0, 0.1) is 0 Å². The van der Waals surface area contributed by atoms with Gasteiger partial charge in [-0.05, 0) is 79.6 Å². The molecule has 40 heavy (non-hydrogen) atoms. The van der Waals surface area contributed by atoms with Crippen molar-refractivity contribution in [3.05, 3.63) is 93.8 Å². The number of nitrogens with zero attached hydrogens (tertiary/aromatic N) is 3. The van der Waals surface area contributed by atoms with Gasteiger partial charge in [0.2, 0.25) is 0 Å². The Labute approximate surface area is 236 Å². The van der Waals surface area contributed by atoms with Crippen molar-refractivity contribution in [1.82, 2.24) is 15.2 Å². The molecule has 2 heterocycles. The number of nitrogens with one attached hydrogen (secondary N) is 1. The van der Waals surface area contributed by atoms with E-state index in [1.807, 2.05) is 25.2 Å². The second kappa shape index (κ2) is 11.5. The molecule has 0 saturated carbocycles. The number of anilines is 1. The van der Waals surface area contributed by atoms with Crippen LogP contribution in [0.2, 0.25) is 5.02 Å². The van der Waals surface area contributed by atoms with Gasteiger partial charge in [-0.25, -0.2) is 0 Å². The number of alkyl halides is 3. The van der Waals surface area contributed by atoms with Gasteiger partial charge in [-0.3, -0.25) is 14.6 Å². The van der Waals surface area contributed by atoms with Gasteiger partial charge < -0.3 is 15.1 Å². The summed E-state index contributed by atoms with van der Waals surface area (Å²) >= 11 is 6.05. The number of aromatic nitrogens is 1. The number of hydrogen-bond donors (Lipinski definition) is 1. The summed E-state index contributed by atoms with van der Waals surface area (Å²) in [6.45, 7) is 1.65. The van der Waals surface area contributed by atoms with Crippen LogP contribution in [-0.2, 0) is 12.6 Å². The average Bonchev–Trinajstić information content (AvgIpc) is 2.96. The Morgan fingerprint density at radius 3 is 2.48 bits per heavy atom. The fraction of sp³-hybridized carbons (Fsp3) is 0.367. The molecule has 0 radical (unpaired) electrons. The molecule has 1 unspecified atom stereocenters. The molecular formula is C30H30ClF3N4O2. The lowest BCUT2D eigenvalue weighted by Gasteiger charge is -2.38. The van der Waals surface area contributed by atoms with E-state index in [0.717, 1.165) is 61.7 Å². The van der Waals surface area contributed by atoms with Crippen LogP contribution < -0.4 is 10.2 Å². The number of halogens is 4. The molecule has 0 bridgehead atoms. The average molecular weight is 571 g/mol. The Morgan fingerprint density at radius 2 is 1.77 bits per heavy atom. The number of amides is 2. The second-order valence-corrected chi connectivity index (χ2v) is 10.7. The molecule has 1 aromatic heterocycles. The van der Waals surface area contributed by atoms with Gasteiger partial charge in [0.05, 0.1) is 22.2 Å². The minimum absolute atomic E-state index is 0.0816. The Hall–Kier alpha value is -3.59. The van der Waals surface area contributed by atoms with Crippen LogP contribution in [0.3, 0.4) is 0 Å². The molecule has 1 saturated heterocycles. The molecule has 0 spiro atoms. The number of aryl methyl sites for hydroxylation is 1. The summed E-state index contributed by atoms with van der Waals surface area (Å²) in [5.74, 6) is -1.00. The third-order valence-electron chi connectivity index (χ3n) is 7.92. The van der Waals surface area contributed by atoms with Crippen molar-refractivity contribution < 1.29 is 22.8 Å². The first-order valence-electron chi connectivity index (χ1n) is 13.3. The Morgan fingerprint density at radius 1 is 1.05 bits per heavy atom. The SMILES string of the molecule is CN(C(=O)c1ccc2c(c1)C(NC(=O)c1c(Cl)cccc1C(F)(F)F)CCC2)C1CCN(c2ccncc2)CC1. The van der Waals surface area contributed by atoms with Crippen molar-refractivity contribution in [3.63, 3.8) is 0 Å². The summed E-state index contributed by atoms with van der Waals surface area (Å²) in [4.78, 5) is 34.7. The Balaban J connectivity index is 1.31. The molecule has 1 fully saturated rings. The number of benzene rings is 2. The first-order valence-corrected chi connectivity index (χ1v) is 13.7. The molecule has 2 aliphatic rings. The standard InChI is InChI=1S/C30H30ClF3N4O2/c1-37(21-12-16-38(17-13-21)22-10-14-35-15-11-22)29(40)20-9-8-19-4-2-7-26(23(19)18-20)36-28(39)27-24(30(32,33)34)5-3-6-25(27)31/h3,5-6,8-11,14-15,18,21,26H,2,4,7,12-13,16-17H2,1H3,(H,36,39). The maximum atomic E-state index is 13.6. The van der Waals surface area contributed by atoms with E-state index >= 15 is 0 Å². The quantitative estimate of drug-likeness (QED) is 0.391. The number of fused-ring (bicyclic) bond motifs is 1. The van der Waals surface area contributed by atoms with E-state index < -0.39 is 29.3 Å². The molecule has 3 aromatic rings. The lowest BCUT2D eigenvalue weighted by atomic mass is 9.86. The molecule has 1 aliphatic heterocycles. The number of rotatable bonds is 5. The highest BCUT2D eigenvalue weighted by Gasteiger charge is 2.37. The summed E-state index contributed by atoms with van der Waals surface area (Å²) in [7, 11) is 1.81. The van der Waals surface area contributed by atoms with Gasteiger partial charge in [0.1, 0.15) is 0 Å². The molecule has 2 amide bonds. The normalized spacial score (nSPS) is 17.7. The lowest BCUT2D eigenvalue weighted by Crippen LogP contribution is -2.45. The van der Waals surface area contributed by atoms with Crippen LogP contribution >= 0.6 is 11.6 Å². The zero-order valence-corrected chi connectivity index (χ0v) is 22.8. The van der Waals surface area contributed by atoms with E-state index in [2.05, 4.69) is 15.2 Å². The molecular weight excluding hydrogens is 541 g/mol. The van der Waals surface area contributed by atoms with E-state index in [-0.39, 0.29) is 17.0 Å². The molecule has 2 aromatic carbocycles. The molecule has 1 atom stereocenters. The number of pyridine rings is 1. The van der Waals surface area contributed by atoms with E-state index in [1.165, 1.54) is 12.1 Å². The fourth-order valence-electron chi connectivity index (χ4n) is 5.74. The summed E-state index contributed by atoms with van der Waals surface area (Å²) in [6, 6.07) is 12.3. The topological polar surface area (TPSA) is 65.5 Å². The van der Waals surface area contributed by atoms with Crippen LogP contribution in [0.5, 0.6) is 0 Å². The zero-order chi connectivity index (χ0) is 28.4. The van der Waals surface area contributed by atoms with E-state index in [4.69, 9.17) is 11.6 Å². The van der Waals surface area contributed by atoms with Crippen LogP contribution in [0.15, 0.2) is 60.9 Å². The third kappa shape index (κ3) is 5.80. The van der Waals surface area contributed by atoms with Crippen molar-refractivity contribution in [1.29, 1.82) is 0 Å². The summed E-state index contributed by atoms with van der Waals surface area (Å²) < 4.78 is 40.8. The predicted molar refractivity (Wildman–Crippen MR) is 148 cm³/mol. The molecule has 6 nitrogen and oxygen atoms in total. The molecule has 210 valence electrons. The maximum absolute atomic E-state index is 13.6. The van der Waals surface area contributed by atoms with Gasteiger partial charge in [0.25, 0.3) is 11.8 Å². The third-order valence-corrected chi connectivity index (χ3v) is 8.23. The number of piperidine rings is 1. The highest BCUT2D eigenvalue weighted by atomic mass is 35.5. The first-order chi connectivity index (χ1) is 19.1. The summed E-state index contributed by atoms with van der Waals surface area (Å²) in [5, 5.41) is 2.51. The molecule has 1 aliphatic carbocycles. The minimum Gasteiger partial charge on any atom is -0.371 e. The van der Waals surface area contributed by atoms with E-state index in [0.29, 0.717) is 12.0 Å². The largest absolute Gasteiger partial charge is 0.417 e. The number of hydrogen-bond acceptors (Lipinski definition) is 4. The number of carbonyl (C=O) groups excluding carboxylic acids is 2. The van der Waals surface area contributed by atoms with E-state index in [9.17, 15) is 22.8 Å². The second-order valence-electron chi connectivity index (χ2n) is 10.3. The van der Waals surface area contributed by atoms with Gasteiger partial charge in [-0.2, -0.15) is 13.2 Å². The van der Waals surface area contributed by atoms with E-state index in [1.54, 1.807) is 29.4 Å². The highest BCUT2D eigenvalue weighted by molar-refractivity contribution is 6.34. The van der Waals surface area contributed by atoms with Crippen molar-refractivity contribution in [2.24, 2.45) is 0 Å². The Bertz CT molecular complexity index is 1390. The number of carbonyl (C=O) groups is 2. The predicted octanol–water partition coefficient (Wildman–Crippen LogP) is 6.30. The molecule has 5 rings (SSSR count). The highest BCUT2D eigenvalue weighted by Crippen LogP contribution is 2.36. The van der Waals surface area contributed by atoms with Crippen molar-refractivity contribution >= 4 is 29.1 Å². The van der Waals surface area contributed by atoms with Crippen LogP contribution in [0.25, 0.3) is 0 Å². The first kappa shape index (κ1) is 28.0. The van der Waals surface area contributed by atoms with Gasteiger partial charge in [-0.15, -0.1) is 0 Å². The minimum atomic E-state index is -4.72. The van der Waals surface area contributed by atoms with Crippen LogP contribution in [-0.4, -0.2) is 47.9 Å². The zero-order valence-electron chi connectivity index (χ0n) is 22.0. The van der Waals surface area contributed by atoms with Crippen LogP contribution in [0.1, 0.15) is 69.1 Å². The fourth-order valence-corrected chi connectivity index (χ4v) is 6.00. The molecule has 1 N–H and O–H groups in total. The van der Waals surface area contributed by atoms with Gasteiger partial charge in [0, 0.05) is 49.8 Å². The monoisotopic (exact) mass is 570 g/mol. The van der Waals surface area contributed by atoms with Crippen LogP contribution in [0.4, 0.5) is 18.9 Å². The smallest absolute Gasteiger partial charge is 0.371 e. The van der Waals surface area contributed by atoms with Crippen molar-refractivity contribution in [2.45, 2.75) is 50.4 Å². The summed E-state index contributed by atoms with van der Waals surface area (Å²) in [6.07, 6.45) is 2.54. The van der Waals surface area contributed by atoms with Gasteiger partial charge in [0.15, 0.2) is 0 Å². The molecule has 10 heteroatoms. The van der Waals surface area contributed by atoms with Gasteiger partial charge >= 0.3 is 6.18 Å². The lowest BCUT2D eigenvalue weighted by molar-refractivity contribution is -0.137.